The number of amides is 1. The van der Waals surface area contributed by atoms with Crippen molar-refractivity contribution in [2.24, 2.45) is 0 Å². The molecule has 2 rings (SSSR count). The van der Waals surface area contributed by atoms with E-state index in [0.29, 0.717) is 22.2 Å². The van der Waals surface area contributed by atoms with Gasteiger partial charge in [-0.2, -0.15) is 0 Å². The number of rotatable bonds is 1. The molecule has 2 unspecified atom stereocenters. The Balaban J connectivity index is 2.45. The summed E-state index contributed by atoms with van der Waals surface area (Å²) in [5, 5.41) is 10.6. The van der Waals surface area contributed by atoms with Crippen LogP contribution >= 0.6 is 23.2 Å². The fraction of sp³-hybridized carbons (Fsp3) is 0.364. The Morgan fingerprint density at radius 2 is 2.12 bits per heavy atom. The Morgan fingerprint density at radius 1 is 1.44 bits per heavy atom. The molecule has 86 valence electrons. The second kappa shape index (κ2) is 4.24. The van der Waals surface area contributed by atoms with Gasteiger partial charge >= 0.3 is 0 Å². The molecule has 16 heavy (non-hydrogen) atoms. The van der Waals surface area contributed by atoms with E-state index >= 15 is 0 Å². The number of carbonyl (C=O) groups excluding carboxylic acids is 1. The second-order valence-corrected chi connectivity index (χ2v) is 4.69. The molecule has 0 bridgehead atoms. The quantitative estimate of drug-likeness (QED) is 0.837. The Morgan fingerprint density at radius 3 is 2.69 bits per heavy atom. The predicted molar refractivity (Wildman–Crippen MR) is 62.8 cm³/mol. The summed E-state index contributed by atoms with van der Waals surface area (Å²) < 4.78 is 0. The van der Waals surface area contributed by atoms with Crippen molar-refractivity contribution >= 4 is 29.1 Å². The Labute approximate surface area is 104 Å². The minimum atomic E-state index is -0.728. The van der Waals surface area contributed by atoms with Crippen LogP contribution in [0.2, 0.25) is 10.0 Å². The number of β-amino-alcohol motifs (C(OH)–C–C–N with tert-alkyl or cyclic N) is 1. The van der Waals surface area contributed by atoms with E-state index in [-0.39, 0.29) is 5.91 Å². The van der Waals surface area contributed by atoms with Gasteiger partial charge in [-0.15, -0.1) is 0 Å². The van der Waals surface area contributed by atoms with E-state index in [0.717, 1.165) is 0 Å². The largest absolute Gasteiger partial charge is 0.390 e. The van der Waals surface area contributed by atoms with Crippen LogP contribution in [-0.4, -0.2) is 35.6 Å². The van der Waals surface area contributed by atoms with E-state index in [1.807, 2.05) is 0 Å². The normalized spacial score (nSPS) is 25.2. The first-order chi connectivity index (χ1) is 7.52. The number of halogens is 2. The molecule has 0 spiro atoms. The zero-order valence-electron chi connectivity index (χ0n) is 8.65. The van der Waals surface area contributed by atoms with Gasteiger partial charge in [0.2, 0.25) is 5.91 Å². The summed E-state index contributed by atoms with van der Waals surface area (Å²) in [6.07, 6.45) is -0.728. The van der Waals surface area contributed by atoms with Gasteiger partial charge in [-0.25, -0.2) is 0 Å². The highest BCUT2D eigenvalue weighted by atomic mass is 35.5. The number of likely N-dealkylation sites (tertiary alicyclic amines) is 1. The van der Waals surface area contributed by atoms with Crippen LogP contribution in [0.4, 0.5) is 0 Å². The number of aliphatic hydroxyl groups is 1. The number of likely N-dealkylation sites (N-methyl/N-ethyl adjacent to an activating group) is 1. The highest BCUT2D eigenvalue weighted by Crippen LogP contribution is 2.36. The van der Waals surface area contributed by atoms with E-state index in [1.54, 1.807) is 25.2 Å². The molecule has 0 aliphatic carbocycles. The van der Waals surface area contributed by atoms with Gasteiger partial charge in [0.05, 0.1) is 22.1 Å². The summed E-state index contributed by atoms with van der Waals surface area (Å²) in [5.41, 5.74) is 0.594. The lowest BCUT2D eigenvalue weighted by Gasteiger charge is -2.14. The van der Waals surface area contributed by atoms with E-state index in [1.165, 1.54) is 4.90 Å². The summed E-state index contributed by atoms with van der Waals surface area (Å²) >= 11 is 11.9. The molecule has 1 aromatic carbocycles. The number of hydrogen-bond donors (Lipinski definition) is 1. The van der Waals surface area contributed by atoms with Gasteiger partial charge in [-0.1, -0.05) is 35.3 Å². The van der Waals surface area contributed by atoms with E-state index in [4.69, 9.17) is 23.2 Å². The van der Waals surface area contributed by atoms with Crippen LogP contribution in [0.5, 0.6) is 0 Å². The fourth-order valence-corrected chi connectivity index (χ4v) is 2.40. The average Bonchev–Trinajstić information content (AvgIpc) is 2.47. The first-order valence-electron chi connectivity index (χ1n) is 4.89. The van der Waals surface area contributed by atoms with Gasteiger partial charge in [0.25, 0.3) is 0 Å². The lowest BCUT2D eigenvalue weighted by Crippen LogP contribution is -2.21. The van der Waals surface area contributed by atoms with Crippen molar-refractivity contribution in [2.75, 3.05) is 13.6 Å². The zero-order chi connectivity index (χ0) is 11.9. The van der Waals surface area contributed by atoms with Crippen LogP contribution in [0.3, 0.4) is 0 Å². The van der Waals surface area contributed by atoms with Crippen LogP contribution in [0.1, 0.15) is 11.5 Å². The maximum absolute atomic E-state index is 11.8. The third kappa shape index (κ3) is 1.79. The van der Waals surface area contributed by atoms with Gasteiger partial charge in [0, 0.05) is 13.6 Å². The molecular formula is C11H11Cl2NO2. The highest BCUT2D eigenvalue weighted by Gasteiger charge is 2.39. The predicted octanol–water partition coefficient (Wildman–Crippen LogP) is 1.91. The number of benzene rings is 1. The maximum atomic E-state index is 11.8. The SMILES string of the molecule is CN1CC(O)C(c2cccc(Cl)c2Cl)C1=O. The van der Waals surface area contributed by atoms with Gasteiger partial charge in [-0.05, 0) is 11.6 Å². The first kappa shape index (κ1) is 11.7. The minimum Gasteiger partial charge on any atom is -0.390 e. The van der Waals surface area contributed by atoms with E-state index in [2.05, 4.69) is 0 Å². The van der Waals surface area contributed by atoms with Crippen molar-refractivity contribution in [1.29, 1.82) is 0 Å². The molecular weight excluding hydrogens is 249 g/mol. The number of carbonyl (C=O) groups is 1. The van der Waals surface area contributed by atoms with Crippen molar-refractivity contribution in [3.63, 3.8) is 0 Å². The summed E-state index contributed by atoms with van der Waals surface area (Å²) in [7, 11) is 1.66. The Bertz CT molecular complexity index is 436. The van der Waals surface area contributed by atoms with Gasteiger partial charge in [-0.3, -0.25) is 4.79 Å². The molecule has 2 atom stereocenters. The zero-order valence-corrected chi connectivity index (χ0v) is 10.2. The van der Waals surface area contributed by atoms with Gasteiger partial charge in [0.15, 0.2) is 0 Å². The van der Waals surface area contributed by atoms with E-state index < -0.39 is 12.0 Å². The molecule has 1 N–H and O–H groups in total. The van der Waals surface area contributed by atoms with E-state index in [9.17, 15) is 9.90 Å². The molecule has 1 amide bonds. The standard InChI is InChI=1S/C11H11Cl2NO2/c1-14-5-8(15)9(11(14)16)6-3-2-4-7(12)10(6)13/h2-4,8-9,15H,5H2,1H3. The fourth-order valence-electron chi connectivity index (χ4n) is 1.98. The molecule has 0 radical (unpaired) electrons. The lowest BCUT2D eigenvalue weighted by atomic mass is 9.95. The topological polar surface area (TPSA) is 40.5 Å². The third-order valence-corrected chi connectivity index (χ3v) is 3.64. The maximum Gasteiger partial charge on any atom is 0.232 e. The van der Waals surface area contributed by atoms with Crippen LogP contribution < -0.4 is 0 Å². The van der Waals surface area contributed by atoms with Crippen molar-refractivity contribution in [3.8, 4) is 0 Å². The summed E-state index contributed by atoms with van der Waals surface area (Å²) in [6.45, 7) is 0.326. The monoisotopic (exact) mass is 259 g/mol. The van der Waals surface area contributed by atoms with Gasteiger partial charge in [0.1, 0.15) is 0 Å². The van der Waals surface area contributed by atoms with Crippen LogP contribution in [0, 0.1) is 0 Å². The molecule has 0 aromatic heterocycles. The molecule has 5 heteroatoms. The molecule has 1 aliphatic rings. The summed E-state index contributed by atoms with van der Waals surface area (Å²) in [5.74, 6) is -0.729. The molecule has 1 aliphatic heterocycles. The van der Waals surface area contributed by atoms with Crippen LogP contribution in [0.15, 0.2) is 18.2 Å². The van der Waals surface area contributed by atoms with Crippen molar-refractivity contribution < 1.29 is 9.90 Å². The Kier molecular flexibility index (Phi) is 3.10. The molecule has 1 fully saturated rings. The Hall–Kier alpha value is -0.770. The van der Waals surface area contributed by atoms with Crippen LogP contribution in [-0.2, 0) is 4.79 Å². The lowest BCUT2D eigenvalue weighted by molar-refractivity contribution is -0.128. The number of nitrogens with zero attached hydrogens (tertiary/aromatic N) is 1. The second-order valence-electron chi connectivity index (χ2n) is 3.91. The molecule has 3 nitrogen and oxygen atoms in total. The smallest absolute Gasteiger partial charge is 0.232 e. The third-order valence-electron chi connectivity index (χ3n) is 2.80. The number of hydrogen-bond acceptors (Lipinski definition) is 2. The highest BCUT2D eigenvalue weighted by molar-refractivity contribution is 6.42. The van der Waals surface area contributed by atoms with Gasteiger partial charge < -0.3 is 10.0 Å². The van der Waals surface area contributed by atoms with Crippen molar-refractivity contribution in [1.82, 2.24) is 4.90 Å². The molecule has 1 aromatic rings. The number of aliphatic hydroxyl groups excluding tert-OH is 1. The van der Waals surface area contributed by atoms with Crippen LogP contribution in [0.25, 0.3) is 0 Å². The molecule has 1 saturated heterocycles. The molecule has 0 saturated carbocycles. The van der Waals surface area contributed by atoms with Crippen molar-refractivity contribution in [2.45, 2.75) is 12.0 Å². The first-order valence-corrected chi connectivity index (χ1v) is 5.65. The average molecular weight is 260 g/mol. The summed E-state index contributed by atoms with van der Waals surface area (Å²) in [4.78, 5) is 13.3. The van der Waals surface area contributed by atoms with Crippen molar-refractivity contribution in [3.05, 3.63) is 33.8 Å². The minimum absolute atomic E-state index is 0.128. The molecule has 1 heterocycles. The summed E-state index contributed by atoms with van der Waals surface area (Å²) in [6, 6.07) is 5.10.